The molecule has 0 aliphatic carbocycles. The molecule has 0 saturated carbocycles. The van der Waals surface area contributed by atoms with E-state index < -0.39 is 10.0 Å². The molecule has 0 unspecified atom stereocenters. The molecular formula is C24H21N3O3S3. The lowest BCUT2D eigenvalue weighted by molar-refractivity contribution is -0.116. The normalized spacial score (nSPS) is 13.3. The first kappa shape index (κ1) is 21.9. The van der Waals surface area contributed by atoms with Gasteiger partial charge < -0.3 is 4.90 Å². The summed E-state index contributed by atoms with van der Waals surface area (Å²) in [5.41, 5.74) is 4.46. The zero-order valence-electron chi connectivity index (χ0n) is 17.8. The number of hydrogen-bond acceptors (Lipinski definition) is 6. The van der Waals surface area contributed by atoms with E-state index in [0.29, 0.717) is 18.0 Å². The van der Waals surface area contributed by atoms with Crippen LogP contribution in [0.4, 0.5) is 11.4 Å². The molecule has 9 heteroatoms. The van der Waals surface area contributed by atoms with E-state index in [2.05, 4.69) is 15.8 Å². The third-order valence-electron chi connectivity index (χ3n) is 5.46. The molecule has 0 saturated heterocycles. The lowest BCUT2D eigenvalue weighted by atomic mass is 10.2. The number of fused-ring (bicyclic) bond motifs is 2. The van der Waals surface area contributed by atoms with Crippen LogP contribution < -0.4 is 9.62 Å². The Morgan fingerprint density at radius 3 is 2.73 bits per heavy atom. The van der Waals surface area contributed by atoms with E-state index in [1.165, 1.54) is 28.7 Å². The van der Waals surface area contributed by atoms with E-state index in [0.717, 1.165) is 32.2 Å². The van der Waals surface area contributed by atoms with Gasteiger partial charge in [-0.3, -0.25) is 9.52 Å². The van der Waals surface area contributed by atoms with E-state index in [9.17, 15) is 13.2 Å². The molecule has 1 N–H and O–H groups in total. The van der Waals surface area contributed by atoms with Gasteiger partial charge in [0.25, 0.3) is 10.0 Å². The molecular weight excluding hydrogens is 474 g/mol. The minimum atomic E-state index is -3.67. The fraction of sp³-hybridized carbons (Fsp3) is 0.167. The highest BCUT2D eigenvalue weighted by Gasteiger charge is 2.24. The molecule has 33 heavy (non-hydrogen) atoms. The molecule has 1 aliphatic heterocycles. The van der Waals surface area contributed by atoms with Gasteiger partial charge in [0.15, 0.2) is 4.34 Å². The molecule has 0 bridgehead atoms. The Bertz CT molecular complexity index is 1450. The third kappa shape index (κ3) is 4.62. The first-order valence-electron chi connectivity index (χ1n) is 10.4. The number of rotatable bonds is 6. The van der Waals surface area contributed by atoms with Gasteiger partial charge in [0.05, 0.1) is 26.6 Å². The van der Waals surface area contributed by atoms with Gasteiger partial charge in [0, 0.05) is 12.2 Å². The lowest BCUT2D eigenvalue weighted by Gasteiger charge is -2.16. The highest BCUT2D eigenvalue weighted by atomic mass is 32.2. The largest absolute Gasteiger partial charge is 0.311 e. The molecule has 4 aromatic rings. The van der Waals surface area contributed by atoms with Gasteiger partial charge in [-0.2, -0.15) is 0 Å². The van der Waals surface area contributed by atoms with Crippen molar-refractivity contribution in [1.29, 1.82) is 0 Å². The predicted molar refractivity (Wildman–Crippen MR) is 135 cm³/mol. The molecule has 2 heterocycles. The topological polar surface area (TPSA) is 79.4 Å². The van der Waals surface area contributed by atoms with Crippen LogP contribution in [0.3, 0.4) is 0 Å². The summed E-state index contributed by atoms with van der Waals surface area (Å²) in [5.74, 6) is 0.372. The number of para-hydroxylation sites is 1. The molecule has 3 aromatic carbocycles. The molecule has 5 rings (SSSR count). The summed E-state index contributed by atoms with van der Waals surface area (Å²) in [6, 6.07) is 20.0. The van der Waals surface area contributed by atoms with Crippen molar-refractivity contribution in [3.05, 3.63) is 77.9 Å². The van der Waals surface area contributed by atoms with Crippen LogP contribution in [-0.4, -0.2) is 31.6 Å². The maximum Gasteiger partial charge on any atom is 0.261 e. The van der Waals surface area contributed by atoms with Crippen molar-refractivity contribution < 1.29 is 13.2 Å². The average molecular weight is 496 g/mol. The van der Waals surface area contributed by atoms with Crippen molar-refractivity contribution in [3.8, 4) is 0 Å². The van der Waals surface area contributed by atoms with Gasteiger partial charge in [0.1, 0.15) is 0 Å². The summed E-state index contributed by atoms with van der Waals surface area (Å²) >= 11 is 2.86. The fourth-order valence-electron chi connectivity index (χ4n) is 3.76. The highest BCUT2D eigenvalue weighted by Crippen LogP contribution is 2.33. The molecule has 1 aromatic heterocycles. The van der Waals surface area contributed by atoms with E-state index in [4.69, 9.17) is 0 Å². The van der Waals surface area contributed by atoms with Gasteiger partial charge in [-0.15, -0.1) is 11.3 Å². The number of sulfonamides is 1. The Morgan fingerprint density at radius 1 is 1.12 bits per heavy atom. The van der Waals surface area contributed by atoms with Crippen molar-refractivity contribution >= 4 is 60.6 Å². The molecule has 1 aliphatic rings. The Labute approximate surface area is 200 Å². The minimum Gasteiger partial charge on any atom is -0.311 e. The van der Waals surface area contributed by atoms with Crippen molar-refractivity contribution in [3.63, 3.8) is 0 Å². The zero-order valence-corrected chi connectivity index (χ0v) is 20.3. The number of thioether (sulfide) groups is 1. The number of nitrogens with zero attached hydrogens (tertiary/aromatic N) is 2. The Hall–Kier alpha value is -2.88. The second-order valence-corrected chi connectivity index (χ2v) is 11.7. The second kappa shape index (κ2) is 8.81. The summed E-state index contributed by atoms with van der Waals surface area (Å²) in [7, 11) is -3.67. The van der Waals surface area contributed by atoms with Gasteiger partial charge in [-0.05, 0) is 55.3 Å². The summed E-state index contributed by atoms with van der Waals surface area (Å²) in [6.45, 7) is 2.62. The smallest absolute Gasteiger partial charge is 0.261 e. The third-order valence-corrected chi connectivity index (χ3v) is 9.00. The summed E-state index contributed by atoms with van der Waals surface area (Å²) < 4.78 is 29.6. The Balaban J connectivity index is 1.28. The molecule has 0 fully saturated rings. The van der Waals surface area contributed by atoms with Crippen molar-refractivity contribution in [2.75, 3.05) is 21.9 Å². The first-order valence-corrected chi connectivity index (χ1v) is 13.7. The van der Waals surface area contributed by atoms with Crippen molar-refractivity contribution in [1.82, 2.24) is 4.98 Å². The van der Waals surface area contributed by atoms with E-state index >= 15 is 0 Å². The zero-order chi connectivity index (χ0) is 23.0. The maximum absolute atomic E-state index is 12.8. The predicted octanol–water partition coefficient (Wildman–Crippen LogP) is 5.09. The molecule has 0 radical (unpaired) electrons. The first-order chi connectivity index (χ1) is 15.9. The van der Waals surface area contributed by atoms with Gasteiger partial charge in [-0.25, -0.2) is 13.4 Å². The minimum absolute atomic E-state index is 0.0655. The second-order valence-electron chi connectivity index (χ2n) is 7.79. The van der Waals surface area contributed by atoms with Crippen LogP contribution in [0.1, 0.15) is 11.1 Å². The number of anilines is 2. The molecule has 168 valence electrons. The number of nitrogens with one attached hydrogen (secondary N) is 1. The number of benzene rings is 3. The van der Waals surface area contributed by atoms with Gasteiger partial charge in [-0.1, -0.05) is 47.7 Å². The maximum atomic E-state index is 12.8. The molecule has 0 atom stereocenters. The van der Waals surface area contributed by atoms with Gasteiger partial charge >= 0.3 is 0 Å². The van der Waals surface area contributed by atoms with Crippen LogP contribution in [0.2, 0.25) is 0 Å². The highest BCUT2D eigenvalue weighted by molar-refractivity contribution is 8.01. The van der Waals surface area contributed by atoms with E-state index in [1.807, 2.05) is 30.0 Å². The number of carbonyl (C=O) groups is 1. The summed E-state index contributed by atoms with van der Waals surface area (Å²) in [4.78, 5) is 19.4. The molecule has 6 nitrogen and oxygen atoms in total. The molecule has 1 amide bonds. The number of aryl methyl sites for hydroxylation is 1. The SMILES string of the molecule is Cc1ccc(S(=O)(=O)Nc2ccc3nc(SCC(=O)N4CCc5ccccc54)sc3c2)cc1. The summed E-state index contributed by atoms with van der Waals surface area (Å²) in [6.07, 6.45) is 0.884. The average Bonchev–Trinajstić information content (AvgIpc) is 3.41. The van der Waals surface area contributed by atoms with E-state index in [1.54, 1.807) is 42.5 Å². The number of thiazole rings is 1. The van der Waals surface area contributed by atoms with Crippen LogP contribution >= 0.6 is 23.1 Å². The van der Waals surface area contributed by atoms with Crippen LogP contribution in [-0.2, 0) is 21.2 Å². The van der Waals surface area contributed by atoms with Crippen LogP contribution in [0.25, 0.3) is 10.2 Å². The Morgan fingerprint density at radius 2 is 1.91 bits per heavy atom. The fourth-order valence-corrected chi connectivity index (χ4v) is 6.79. The molecule has 0 spiro atoms. The van der Waals surface area contributed by atoms with Crippen molar-refractivity contribution in [2.24, 2.45) is 0 Å². The van der Waals surface area contributed by atoms with Crippen LogP contribution in [0.15, 0.2) is 76.0 Å². The number of carbonyl (C=O) groups excluding carboxylic acids is 1. The standard InChI is InChI=1S/C24H21N3O3S3/c1-16-6-9-19(10-7-16)33(29,30)26-18-8-11-20-22(14-18)32-24(25-20)31-15-23(28)27-13-12-17-4-2-3-5-21(17)27/h2-11,14,26H,12-13,15H2,1H3. The number of amides is 1. The lowest BCUT2D eigenvalue weighted by Crippen LogP contribution is -2.30. The number of hydrogen-bond donors (Lipinski definition) is 1. The van der Waals surface area contributed by atoms with E-state index in [-0.39, 0.29) is 10.8 Å². The number of aromatic nitrogens is 1. The monoisotopic (exact) mass is 495 g/mol. The quantitative estimate of drug-likeness (QED) is 0.377. The van der Waals surface area contributed by atoms with Gasteiger partial charge in [0.2, 0.25) is 5.91 Å². The van der Waals surface area contributed by atoms with Crippen LogP contribution in [0, 0.1) is 6.92 Å². The summed E-state index contributed by atoms with van der Waals surface area (Å²) in [5, 5.41) is 0. The Kier molecular flexibility index (Phi) is 5.86. The van der Waals surface area contributed by atoms with Crippen LogP contribution in [0.5, 0.6) is 0 Å². The van der Waals surface area contributed by atoms with Crippen molar-refractivity contribution in [2.45, 2.75) is 22.6 Å².